The van der Waals surface area contributed by atoms with Crippen LogP contribution in [0.25, 0.3) is 0 Å². The molecule has 6 nitrogen and oxygen atoms in total. The highest BCUT2D eigenvalue weighted by molar-refractivity contribution is 5.88. The number of β-amino-alcohol motifs (C(OH)–C–C–N with tert-alkyl or cyclic N) is 1. The third-order valence-electron chi connectivity index (χ3n) is 2.76. The Morgan fingerprint density at radius 1 is 1.53 bits per heavy atom. The lowest BCUT2D eigenvalue weighted by molar-refractivity contribution is -0.139. The van der Waals surface area contributed by atoms with E-state index in [4.69, 9.17) is 0 Å². The fraction of sp³-hybridized carbons (Fsp3) is 0.778. The average molecular weight is 213 g/mol. The lowest BCUT2D eigenvalue weighted by Crippen LogP contribution is -2.54. The van der Waals surface area contributed by atoms with E-state index in [9.17, 15) is 14.7 Å². The number of nitrogens with zero attached hydrogens (tertiary/aromatic N) is 1. The number of amides is 2. The van der Waals surface area contributed by atoms with Crippen LogP contribution < -0.4 is 10.6 Å². The molecule has 2 amide bonds. The Morgan fingerprint density at radius 2 is 2.33 bits per heavy atom. The standard InChI is InChI=1S/C9H15N3O3/c13-6-3-7(11-4-6)9(15)12-2-1-10-8(14)5-12/h6-7,11,13H,1-5H2,(H,10,14). The molecule has 15 heavy (non-hydrogen) atoms. The molecule has 0 spiro atoms. The number of aliphatic hydroxyl groups excluding tert-OH is 1. The predicted molar refractivity (Wildman–Crippen MR) is 52.0 cm³/mol. The number of hydrogen-bond donors (Lipinski definition) is 3. The van der Waals surface area contributed by atoms with Gasteiger partial charge in [-0.25, -0.2) is 0 Å². The molecule has 3 N–H and O–H groups in total. The summed E-state index contributed by atoms with van der Waals surface area (Å²) < 4.78 is 0. The van der Waals surface area contributed by atoms with E-state index in [1.807, 2.05) is 0 Å². The van der Waals surface area contributed by atoms with Crippen LogP contribution in [0, 0.1) is 0 Å². The first-order valence-corrected chi connectivity index (χ1v) is 5.14. The molecule has 2 atom stereocenters. The van der Waals surface area contributed by atoms with E-state index in [2.05, 4.69) is 10.6 Å². The van der Waals surface area contributed by atoms with Gasteiger partial charge in [0.2, 0.25) is 11.8 Å². The number of nitrogens with one attached hydrogen (secondary N) is 2. The van der Waals surface area contributed by atoms with Crippen LogP contribution in [0.3, 0.4) is 0 Å². The van der Waals surface area contributed by atoms with Crippen LogP contribution >= 0.6 is 0 Å². The van der Waals surface area contributed by atoms with Crippen LogP contribution in [0.2, 0.25) is 0 Å². The first-order valence-electron chi connectivity index (χ1n) is 5.14. The maximum Gasteiger partial charge on any atom is 0.240 e. The van der Waals surface area contributed by atoms with E-state index in [1.54, 1.807) is 0 Å². The van der Waals surface area contributed by atoms with E-state index in [0.29, 0.717) is 26.1 Å². The van der Waals surface area contributed by atoms with Gasteiger partial charge < -0.3 is 20.6 Å². The maximum absolute atomic E-state index is 11.9. The van der Waals surface area contributed by atoms with Crippen LogP contribution in [-0.2, 0) is 9.59 Å². The molecule has 2 rings (SSSR count). The Hall–Kier alpha value is -1.14. The van der Waals surface area contributed by atoms with Crippen molar-refractivity contribution >= 4 is 11.8 Å². The van der Waals surface area contributed by atoms with Gasteiger partial charge in [-0.3, -0.25) is 9.59 Å². The number of carbonyl (C=O) groups is 2. The van der Waals surface area contributed by atoms with Gasteiger partial charge in [0.05, 0.1) is 18.7 Å². The molecule has 0 radical (unpaired) electrons. The lowest BCUT2D eigenvalue weighted by Gasteiger charge is -2.28. The molecular formula is C9H15N3O3. The fourth-order valence-corrected chi connectivity index (χ4v) is 1.95. The predicted octanol–water partition coefficient (Wildman–Crippen LogP) is -2.33. The van der Waals surface area contributed by atoms with Crippen molar-refractivity contribution in [3.05, 3.63) is 0 Å². The Bertz CT molecular complexity index is 282. The highest BCUT2D eigenvalue weighted by Gasteiger charge is 2.32. The Balaban J connectivity index is 1.92. The van der Waals surface area contributed by atoms with Crippen LogP contribution in [0.4, 0.5) is 0 Å². The zero-order valence-electron chi connectivity index (χ0n) is 8.40. The van der Waals surface area contributed by atoms with Gasteiger partial charge in [-0.2, -0.15) is 0 Å². The van der Waals surface area contributed by atoms with Crippen LogP contribution in [0.15, 0.2) is 0 Å². The fourth-order valence-electron chi connectivity index (χ4n) is 1.95. The zero-order chi connectivity index (χ0) is 10.8. The quantitative estimate of drug-likeness (QED) is 0.456. The summed E-state index contributed by atoms with van der Waals surface area (Å²) in [6.45, 7) is 1.66. The highest BCUT2D eigenvalue weighted by Crippen LogP contribution is 2.10. The zero-order valence-corrected chi connectivity index (χ0v) is 8.40. The summed E-state index contributed by atoms with van der Waals surface area (Å²) in [4.78, 5) is 24.5. The SMILES string of the molecule is O=C1CN(C(=O)C2CC(O)CN2)CCN1. The summed E-state index contributed by atoms with van der Waals surface area (Å²) in [6.07, 6.45) is -0.00528. The summed E-state index contributed by atoms with van der Waals surface area (Å²) in [5.41, 5.74) is 0. The van der Waals surface area contributed by atoms with Gasteiger partial charge in [-0.1, -0.05) is 0 Å². The van der Waals surface area contributed by atoms with E-state index < -0.39 is 6.10 Å². The Kier molecular flexibility index (Phi) is 2.88. The topological polar surface area (TPSA) is 81.7 Å². The summed E-state index contributed by atoms with van der Waals surface area (Å²) in [5, 5.41) is 14.9. The van der Waals surface area contributed by atoms with E-state index in [0.717, 1.165) is 0 Å². The summed E-state index contributed by atoms with van der Waals surface area (Å²) in [5.74, 6) is -0.199. The molecule has 2 aliphatic rings. The van der Waals surface area contributed by atoms with Crippen molar-refractivity contribution in [1.29, 1.82) is 0 Å². The Morgan fingerprint density at radius 3 is 2.93 bits per heavy atom. The molecule has 0 aromatic carbocycles. The maximum atomic E-state index is 11.9. The summed E-state index contributed by atoms with van der Waals surface area (Å²) >= 11 is 0. The molecule has 0 aliphatic carbocycles. The normalized spacial score (nSPS) is 31.5. The average Bonchev–Trinajstić information content (AvgIpc) is 2.64. The van der Waals surface area contributed by atoms with Crippen molar-refractivity contribution in [3.63, 3.8) is 0 Å². The molecule has 6 heteroatoms. The number of rotatable bonds is 1. The minimum atomic E-state index is -0.447. The molecule has 84 valence electrons. The number of carbonyl (C=O) groups excluding carboxylic acids is 2. The van der Waals surface area contributed by atoms with Gasteiger partial charge in [0.1, 0.15) is 0 Å². The smallest absolute Gasteiger partial charge is 0.240 e. The second-order valence-electron chi connectivity index (χ2n) is 3.96. The van der Waals surface area contributed by atoms with E-state index in [1.165, 1.54) is 4.90 Å². The third kappa shape index (κ3) is 2.27. The van der Waals surface area contributed by atoms with Crippen LogP contribution in [0.5, 0.6) is 0 Å². The molecule has 2 saturated heterocycles. The first-order chi connectivity index (χ1) is 7.16. The minimum absolute atomic E-state index is 0.0820. The summed E-state index contributed by atoms with van der Waals surface area (Å²) in [7, 11) is 0. The van der Waals surface area contributed by atoms with Crippen LogP contribution in [0.1, 0.15) is 6.42 Å². The first kappa shape index (κ1) is 10.4. The van der Waals surface area contributed by atoms with Crippen LogP contribution in [-0.4, -0.2) is 60.1 Å². The highest BCUT2D eigenvalue weighted by atomic mass is 16.3. The van der Waals surface area contributed by atoms with Crippen molar-refractivity contribution in [2.75, 3.05) is 26.2 Å². The molecule has 0 aromatic rings. The molecule has 2 unspecified atom stereocenters. The lowest BCUT2D eigenvalue weighted by atomic mass is 10.1. The largest absolute Gasteiger partial charge is 0.392 e. The van der Waals surface area contributed by atoms with Gasteiger partial charge in [-0.05, 0) is 6.42 Å². The van der Waals surface area contributed by atoms with E-state index >= 15 is 0 Å². The van der Waals surface area contributed by atoms with Gasteiger partial charge in [0.25, 0.3) is 0 Å². The molecule has 2 heterocycles. The monoisotopic (exact) mass is 213 g/mol. The Labute approximate surface area is 87.6 Å². The molecule has 0 aromatic heterocycles. The van der Waals surface area contributed by atoms with Crippen molar-refractivity contribution in [3.8, 4) is 0 Å². The van der Waals surface area contributed by atoms with Crippen molar-refractivity contribution in [2.45, 2.75) is 18.6 Å². The minimum Gasteiger partial charge on any atom is -0.392 e. The summed E-state index contributed by atoms with van der Waals surface area (Å²) in [6, 6.07) is -0.328. The second kappa shape index (κ2) is 4.16. The molecule has 0 saturated carbocycles. The van der Waals surface area contributed by atoms with Gasteiger partial charge in [0.15, 0.2) is 0 Å². The van der Waals surface area contributed by atoms with Crippen molar-refractivity contribution in [2.24, 2.45) is 0 Å². The third-order valence-corrected chi connectivity index (χ3v) is 2.76. The number of aliphatic hydroxyl groups is 1. The van der Waals surface area contributed by atoms with E-state index in [-0.39, 0.29) is 24.4 Å². The van der Waals surface area contributed by atoms with Crippen molar-refractivity contribution < 1.29 is 14.7 Å². The van der Waals surface area contributed by atoms with Gasteiger partial charge in [0, 0.05) is 19.6 Å². The molecule has 0 bridgehead atoms. The molecule has 2 fully saturated rings. The second-order valence-corrected chi connectivity index (χ2v) is 3.96. The van der Waals surface area contributed by atoms with Gasteiger partial charge >= 0.3 is 0 Å². The molecule has 2 aliphatic heterocycles. The van der Waals surface area contributed by atoms with Crippen molar-refractivity contribution in [1.82, 2.24) is 15.5 Å². The number of hydrogen-bond acceptors (Lipinski definition) is 4. The van der Waals surface area contributed by atoms with Gasteiger partial charge in [-0.15, -0.1) is 0 Å². The molecular weight excluding hydrogens is 198 g/mol. The number of piperazine rings is 1.